The third-order valence-electron chi connectivity index (χ3n) is 7.80. The zero-order valence-corrected chi connectivity index (χ0v) is 23.9. The van der Waals surface area contributed by atoms with Crippen molar-refractivity contribution in [3.05, 3.63) is 87.9 Å². The number of aromatic nitrogens is 1. The monoisotopic (exact) mass is 561 g/mol. The predicted molar refractivity (Wildman–Crippen MR) is 156 cm³/mol. The lowest BCUT2D eigenvalue weighted by atomic mass is 10.0. The van der Waals surface area contributed by atoms with Crippen molar-refractivity contribution in [1.29, 1.82) is 0 Å². The molecule has 2 aromatic carbocycles. The van der Waals surface area contributed by atoms with Crippen LogP contribution in [-0.2, 0) is 22.7 Å². The van der Waals surface area contributed by atoms with Gasteiger partial charge in [0, 0.05) is 18.5 Å². The second-order valence-electron chi connectivity index (χ2n) is 10.7. The Hall–Kier alpha value is -3.39. The van der Waals surface area contributed by atoms with Crippen LogP contribution in [0.5, 0.6) is 0 Å². The number of thiazole rings is 1. The topological polar surface area (TPSA) is 72.0 Å². The smallest absolute Gasteiger partial charge is 0.410 e. The van der Waals surface area contributed by atoms with Gasteiger partial charge in [-0.1, -0.05) is 92.8 Å². The van der Waals surface area contributed by atoms with E-state index in [0.717, 1.165) is 79.6 Å². The van der Waals surface area contributed by atoms with Crippen molar-refractivity contribution < 1.29 is 19.1 Å². The number of carbonyl (C=O) groups excluding carboxylic acids is 2. The molecule has 0 bridgehead atoms. The molecule has 2 unspecified atom stereocenters. The van der Waals surface area contributed by atoms with E-state index in [1.54, 1.807) is 11.3 Å². The first kappa shape index (κ1) is 28.1. The number of nitrogens with zero attached hydrogens (tertiary/aromatic N) is 3. The fourth-order valence-electron chi connectivity index (χ4n) is 5.61. The maximum atomic E-state index is 13.3. The summed E-state index contributed by atoms with van der Waals surface area (Å²) in [5.74, 6) is 0. The van der Waals surface area contributed by atoms with Gasteiger partial charge in [0.05, 0.1) is 17.8 Å². The quantitative estimate of drug-likeness (QED) is 0.305. The molecule has 0 radical (unpaired) electrons. The number of amides is 2. The Morgan fingerprint density at radius 1 is 0.700 bits per heavy atom. The molecule has 212 valence electrons. The lowest BCUT2D eigenvalue weighted by molar-refractivity contribution is 0.0739. The predicted octanol–water partition coefficient (Wildman–Crippen LogP) is 8.04. The molecule has 2 atom stereocenters. The van der Waals surface area contributed by atoms with Crippen LogP contribution in [0.15, 0.2) is 66.0 Å². The number of hydrogen-bond donors (Lipinski definition) is 0. The van der Waals surface area contributed by atoms with Gasteiger partial charge in [0.1, 0.15) is 18.2 Å². The molecule has 40 heavy (non-hydrogen) atoms. The maximum absolute atomic E-state index is 13.3. The first-order chi connectivity index (χ1) is 19.7. The Balaban J connectivity index is 1.30. The van der Waals surface area contributed by atoms with Crippen LogP contribution >= 0.6 is 11.3 Å². The molecule has 3 heterocycles. The Labute approximate surface area is 241 Å². The average Bonchev–Trinajstić information content (AvgIpc) is 3.32. The standard InChI is InChI=1S/C32H39N3O4S/c36-31(38-22-25-14-6-3-7-15-25)34-20-13-5-11-18-28(34)27-24-40-30(33-27)29-19-10-1-2-12-21-35(29)32(37)39-23-26-16-8-4-9-17-26/h3-4,6-9,14-17,24,28-29H,1-2,5,10-13,18-23H2. The van der Waals surface area contributed by atoms with Crippen molar-refractivity contribution in [2.24, 2.45) is 0 Å². The Bertz CT molecular complexity index is 1220. The number of hydrogen-bond acceptors (Lipinski definition) is 6. The van der Waals surface area contributed by atoms with Gasteiger partial charge >= 0.3 is 12.2 Å². The van der Waals surface area contributed by atoms with Crippen molar-refractivity contribution in [3.8, 4) is 0 Å². The number of likely N-dealkylation sites (tertiary alicyclic amines) is 2. The van der Waals surface area contributed by atoms with Crippen LogP contribution in [0.4, 0.5) is 9.59 Å². The van der Waals surface area contributed by atoms with E-state index in [9.17, 15) is 9.59 Å². The normalized spacial score (nSPS) is 20.2. The summed E-state index contributed by atoms with van der Waals surface area (Å²) in [6, 6.07) is 19.3. The lowest BCUT2D eigenvalue weighted by Crippen LogP contribution is -2.37. The molecule has 1 aromatic heterocycles. The highest BCUT2D eigenvalue weighted by atomic mass is 32.1. The molecular formula is C32H39N3O4S. The molecule has 2 aliphatic rings. The highest BCUT2D eigenvalue weighted by Gasteiger charge is 2.33. The number of benzene rings is 2. The lowest BCUT2D eigenvalue weighted by Gasteiger charge is -2.32. The zero-order valence-electron chi connectivity index (χ0n) is 23.1. The fourth-order valence-corrected chi connectivity index (χ4v) is 6.62. The number of carbonyl (C=O) groups is 2. The second kappa shape index (κ2) is 14.3. The zero-order chi connectivity index (χ0) is 27.6. The molecule has 0 aliphatic carbocycles. The third kappa shape index (κ3) is 7.42. The van der Waals surface area contributed by atoms with E-state index in [2.05, 4.69) is 5.38 Å². The second-order valence-corrected chi connectivity index (χ2v) is 11.6. The van der Waals surface area contributed by atoms with Gasteiger partial charge in [0.2, 0.25) is 0 Å². The Kier molecular flexibility index (Phi) is 10.1. The highest BCUT2D eigenvalue weighted by molar-refractivity contribution is 7.09. The summed E-state index contributed by atoms with van der Waals surface area (Å²) < 4.78 is 11.5. The first-order valence-corrected chi connectivity index (χ1v) is 15.5. The van der Waals surface area contributed by atoms with E-state index in [0.29, 0.717) is 13.1 Å². The summed E-state index contributed by atoms with van der Waals surface area (Å²) in [7, 11) is 0. The summed E-state index contributed by atoms with van der Waals surface area (Å²) in [4.78, 5) is 35.4. The van der Waals surface area contributed by atoms with Gasteiger partial charge in [0.25, 0.3) is 0 Å². The minimum Gasteiger partial charge on any atom is -0.445 e. The van der Waals surface area contributed by atoms with Crippen LogP contribution in [-0.4, -0.2) is 40.1 Å². The van der Waals surface area contributed by atoms with Gasteiger partial charge in [-0.3, -0.25) is 9.80 Å². The molecule has 3 aromatic rings. The van der Waals surface area contributed by atoms with Crippen LogP contribution in [0.2, 0.25) is 0 Å². The van der Waals surface area contributed by atoms with Gasteiger partial charge in [0.15, 0.2) is 0 Å². The van der Waals surface area contributed by atoms with Crippen molar-refractivity contribution in [3.63, 3.8) is 0 Å². The number of rotatable bonds is 6. The maximum Gasteiger partial charge on any atom is 0.410 e. The van der Waals surface area contributed by atoms with Gasteiger partial charge in [-0.25, -0.2) is 14.6 Å². The molecule has 8 heteroatoms. The van der Waals surface area contributed by atoms with Crippen molar-refractivity contribution in [1.82, 2.24) is 14.8 Å². The summed E-state index contributed by atoms with van der Waals surface area (Å²) in [6.45, 7) is 1.84. The average molecular weight is 562 g/mol. The molecule has 7 nitrogen and oxygen atoms in total. The van der Waals surface area contributed by atoms with Gasteiger partial charge in [-0.15, -0.1) is 11.3 Å². The molecular weight excluding hydrogens is 522 g/mol. The molecule has 0 spiro atoms. The summed E-state index contributed by atoms with van der Waals surface area (Å²) in [5.41, 5.74) is 2.85. The molecule has 2 saturated heterocycles. The van der Waals surface area contributed by atoms with E-state index < -0.39 is 0 Å². The summed E-state index contributed by atoms with van der Waals surface area (Å²) in [6.07, 6.45) is 8.50. The molecule has 5 rings (SSSR count). The minimum atomic E-state index is -0.289. The van der Waals surface area contributed by atoms with E-state index in [1.807, 2.05) is 70.5 Å². The van der Waals surface area contributed by atoms with Gasteiger partial charge in [-0.2, -0.15) is 0 Å². The Morgan fingerprint density at radius 2 is 1.20 bits per heavy atom. The highest BCUT2D eigenvalue weighted by Crippen LogP contribution is 2.36. The van der Waals surface area contributed by atoms with Crippen molar-refractivity contribution in [2.45, 2.75) is 83.1 Å². The van der Waals surface area contributed by atoms with Crippen LogP contribution < -0.4 is 0 Å². The minimum absolute atomic E-state index is 0.119. The van der Waals surface area contributed by atoms with Gasteiger partial charge in [-0.05, 0) is 36.8 Å². The van der Waals surface area contributed by atoms with Crippen LogP contribution in [0, 0.1) is 0 Å². The summed E-state index contributed by atoms with van der Waals surface area (Å²) >= 11 is 1.59. The van der Waals surface area contributed by atoms with Gasteiger partial charge < -0.3 is 9.47 Å². The fraction of sp³-hybridized carbons (Fsp3) is 0.469. The van der Waals surface area contributed by atoms with E-state index >= 15 is 0 Å². The van der Waals surface area contributed by atoms with Crippen LogP contribution in [0.25, 0.3) is 0 Å². The molecule has 2 amide bonds. The van der Waals surface area contributed by atoms with E-state index in [1.165, 1.54) is 0 Å². The molecule has 0 saturated carbocycles. The third-order valence-corrected chi connectivity index (χ3v) is 8.77. The van der Waals surface area contributed by atoms with E-state index in [4.69, 9.17) is 14.5 Å². The van der Waals surface area contributed by atoms with Crippen LogP contribution in [0.1, 0.15) is 91.7 Å². The van der Waals surface area contributed by atoms with Crippen LogP contribution in [0.3, 0.4) is 0 Å². The van der Waals surface area contributed by atoms with Crippen molar-refractivity contribution >= 4 is 23.5 Å². The molecule has 0 N–H and O–H groups in total. The Morgan fingerprint density at radius 3 is 1.80 bits per heavy atom. The summed E-state index contributed by atoms with van der Waals surface area (Å²) in [5, 5.41) is 3.00. The number of ether oxygens (including phenoxy) is 2. The SMILES string of the molecule is O=C(OCc1ccccc1)N1CCCCCC1c1csc(C2CCCCCCN2C(=O)OCc2ccccc2)n1. The molecule has 2 fully saturated rings. The largest absolute Gasteiger partial charge is 0.445 e. The first-order valence-electron chi connectivity index (χ1n) is 14.6. The van der Waals surface area contributed by atoms with E-state index in [-0.39, 0.29) is 37.5 Å². The molecule has 2 aliphatic heterocycles. The van der Waals surface area contributed by atoms with Crippen molar-refractivity contribution in [2.75, 3.05) is 13.1 Å².